The second-order valence-corrected chi connectivity index (χ2v) is 6.40. The highest BCUT2D eigenvalue weighted by Crippen LogP contribution is 2.43. The van der Waals surface area contributed by atoms with E-state index in [0.29, 0.717) is 17.9 Å². The van der Waals surface area contributed by atoms with Crippen LogP contribution in [0.15, 0.2) is 18.2 Å². The lowest BCUT2D eigenvalue weighted by atomic mass is 9.77. The molecule has 4 atom stereocenters. The lowest BCUT2D eigenvalue weighted by molar-refractivity contribution is -0.305. The van der Waals surface area contributed by atoms with E-state index in [1.807, 2.05) is 32.0 Å². The molecule has 1 aromatic rings. The van der Waals surface area contributed by atoms with E-state index in [2.05, 4.69) is 0 Å². The maximum Gasteiger partial charge on any atom is 0.231 e. The summed E-state index contributed by atoms with van der Waals surface area (Å²) in [7, 11) is 0. The van der Waals surface area contributed by atoms with Crippen LogP contribution in [0, 0.1) is 0 Å². The third-order valence-corrected chi connectivity index (χ3v) is 4.42. The molecule has 1 aliphatic carbocycles. The van der Waals surface area contributed by atoms with Gasteiger partial charge in [-0.1, -0.05) is 19.9 Å². The first-order valence-electron chi connectivity index (χ1n) is 8.41. The first-order chi connectivity index (χ1) is 11.4. The Bertz CT molecular complexity index is 626. The van der Waals surface area contributed by atoms with Crippen LogP contribution in [-0.4, -0.2) is 41.8 Å². The molecule has 1 N–H and O–H groups in total. The fourth-order valence-electron chi connectivity index (χ4n) is 3.43. The van der Waals surface area contributed by atoms with Crippen molar-refractivity contribution in [1.29, 1.82) is 0 Å². The molecule has 0 amide bonds. The molecule has 2 aliphatic heterocycles. The topological polar surface area (TPSA) is 74.2 Å². The molecule has 3 aliphatic rings. The van der Waals surface area contributed by atoms with E-state index in [1.54, 1.807) is 13.8 Å². The van der Waals surface area contributed by atoms with Gasteiger partial charge in [0.05, 0.1) is 6.10 Å². The SMILES string of the molecule is CC.CC1(C)OC2C(=O)C(O1)C(c1ccc3c(c1)OCO3)CC2O. The van der Waals surface area contributed by atoms with Gasteiger partial charge in [-0.2, -0.15) is 0 Å². The number of ether oxygens (including phenoxy) is 4. The van der Waals surface area contributed by atoms with Gasteiger partial charge in [-0.25, -0.2) is 0 Å². The Morgan fingerprint density at radius 1 is 1.08 bits per heavy atom. The van der Waals surface area contributed by atoms with Gasteiger partial charge in [0.2, 0.25) is 6.79 Å². The molecular formula is C18H24O6. The standard InChI is InChI=1S/C16H18O6.C2H6/c1-16(2)21-14-9(6-10(17)15(22-16)13(14)18)8-3-4-11-12(5-8)20-7-19-11;1-2/h3-5,9-10,14-15,17H,6-7H2,1-2H3;1-2H3. The van der Waals surface area contributed by atoms with E-state index in [-0.39, 0.29) is 18.5 Å². The fourth-order valence-corrected chi connectivity index (χ4v) is 3.43. The third kappa shape index (κ3) is 2.90. The molecule has 6 heteroatoms. The van der Waals surface area contributed by atoms with Crippen LogP contribution in [0.4, 0.5) is 0 Å². The van der Waals surface area contributed by atoms with Crippen molar-refractivity contribution in [2.45, 2.75) is 64.1 Å². The highest BCUT2D eigenvalue weighted by molar-refractivity contribution is 5.90. The van der Waals surface area contributed by atoms with Gasteiger partial charge in [-0.3, -0.25) is 4.79 Å². The van der Waals surface area contributed by atoms with Crippen LogP contribution < -0.4 is 9.47 Å². The Morgan fingerprint density at radius 3 is 2.50 bits per heavy atom. The number of rotatable bonds is 1. The Hall–Kier alpha value is -1.63. The Morgan fingerprint density at radius 2 is 1.75 bits per heavy atom. The summed E-state index contributed by atoms with van der Waals surface area (Å²) in [4.78, 5) is 12.5. The van der Waals surface area contributed by atoms with Crippen molar-refractivity contribution in [3.05, 3.63) is 23.8 Å². The molecule has 4 rings (SSSR count). The van der Waals surface area contributed by atoms with Gasteiger partial charge >= 0.3 is 0 Å². The molecule has 1 saturated heterocycles. The molecule has 0 spiro atoms. The molecule has 6 nitrogen and oxygen atoms in total. The maximum absolute atomic E-state index is 12.5. The maximum atomic E-state index is 12.5. The number of carbonyl (C=O) groups is 1. The van der Waals surface area contributed by atoms with Crippen molar-refractivity contribution in [3.63, 3.8) is 0 Å². The van der Waals surface area contributed by atoms with E-state index in [0.717, 1.165) is 5.56 Å². The summed E-state index contributed by atoms with van der Waals surface area (Å²) in [5.74, 6) is 0.0433. The Balaban J connectivity index is 0.000000815. The van der Waals surface area contributed by atoms with Crippen molar-refractivity contribution in [2.75, 3.05) is 6.79 Å². The van der Waals surface area contributed by atoms with Crippen molar-refractivity contribution in [2.24, 2.45) is 0 Å². The number of benzene rings is 1. The average Bonchev–Trinajstić information content (AvgIpc) is 3.02. The van der Waals surface area contributed by atoms with Gasteiger partial charge in [-0.15, -0.1) is 0 Å². The zero-order valence-electron chi connectivity index (χ0n) is 14.4. The number of Topliss-reactive ketones (excluding diaryl/α,β-unsaturated/α-hetero) is 1. The lowest BCUT2D eigenvalue weighted by Gasteiger charge is -2.47. The molecular weight excluding hydrogens is 312 g/mol. The monoisotopic (exact) mass is 336 g/mol. The number of ketones is 1. The quantitative estimate of drug-likeness (QED) is 0.849. The zero-order chi connectivity index (χ0) is 17.5. The van der Waals surface area contributed by atoms with E-state index >= 15 is 0 Å². The van der Waals surface area contributed by atoms with Gasteiger partial charge < -0.3 is 24.1 Å². The summed E-state index contributed by atoms with van der Waals surface area (Å²) >= 11 is 0. The molecule has 4 unspecified atom stereocenters. The fraction of sp³-hybridized carbons (Fsp3) is 0.611. The predicted molar refractivity (Wildman–Crippen MR) is 86.1 cm³/mol. The van der Waals surface area contributed by atoms with Gasteiger partial charge in [0.25, 0.3) is 0 Å². The van der Waals surface area contributed by atoms with E-state index in [9.17, 15) is 9.90 Å². The summed E-state index contributed by atoms with van der Waals surface area (Å²) in [5.41, 5.74) is 0.901. The number of hydrogen-bond acceptors (Lipinski definition) is 6. The van der Waals surface area contributed by atoms with Gasteiger partial charge in [0.1, 0.15) is 12.2 Å². The number of fused-ring (bicyclic) bond motifs is 3. The van der Waals surface area contributed by atoms with Crippen molar-refractivity contribution >= 4 is 5.78 Å². The van der Waals surface area contributed by atoms with Gasteiger partial charge in [0, 0.05) is 5.92 Å². The Kier molecular flexibility index (Phi) is 4.55. The molecule has 0 aromatic heterocycles. The van der Waals surface area contributed by atoms with E-state index < -0.39 is 24.1 Å². The first-order valence-corrected chi connectivity index (χ1v) is 8.41. The smallest absolute Gasteiger partial charge is 0.231 e. The summed E-state index contributed by atoms with van der Waals surface area (Å²) in [6, 6.07) is 5.58. The summed E-state index contributed by atoms with van der Waals surface area (Å²) in [6.45, 7) is 7.72. The van der Waals surface area contributed by atoms with Crippen LogP contribution in [0.2, 0.25) is 0 Å². The third-order valence-electron chi connectivity index (χ3n) is 4.42. The molecule has 2 heterocycles. The Labute approximate surface area is 141 Å². The second-order valence-electron chi connectivity index (χ2n) is 6.40. The van der Waals surface area contributed by atoms with Gasteiger partial charge in [0.15, 0.2) is 23.1 Å². The minimum atomic E-state index is -0.890. The molecule has 1 saturated carbocycles. The van der Waals surface area contributed by atoms with Crippen LogP contribution in [-0.2, 0) is 14.3 Å². The van der Waals surface area contributed by atoms with Crippen LogP contribution in [0.1, 0.15) is 45.6 Å². The predicted octanol–water partition coefficient (Wildman–Crippen LogP) is 2.38. The lowest BCUT2D eigenvalue weighted by Crippen LogP contribution is -2.61. The van der Waals surface area contributed by atoms with E-state index in [1.165, 1.54) is 0 Å². The molecule has 132 valence electrons. The summed E-state index contributed by atoms with van der Waals surface area (Å²) < 4.78 is 22.1. The highest BCUT2D eigenvalue weighted by atomic mass is 16.7. The molecule has 2 fully saturated rings. The molecule has 24 heavy (non-hydrogen) atoms. The number of carbonyl (C=O) groups excluding carboxylic acids is 1. The van der Waals surface area contributed by atoms with Crippen LogP contribution in [0.25, 0.3) is 0 Å². The summed E-state index contributed by atoms with van der Waals surface area (Å²) in [6.07, 6.45) is -1.84. The van der Waals surface area contributed by atoms with E-state index in [4.69, 9.17) is 18.9 Å². The minimum Gasteiger partial charge on any atom is -0.454 e. The molecule has 1 aromatic carbocycles. The molecule has 2 bridgehead atoms. The summed E-state index contributed by atoms with van der Waals surface area (Å²) in [5, 5.41) is 10.3. The molecule has 0 radical (unpaired) electrons. The van der Waals surface area contributed by atoms with Crippen molar-refractivity contribution < 1.29 is 28.8 Å². The normalized spacial score (nSPS) is 32.8. The largest absolute Gasteiger partial charge is 0.454 e. The van der Waals surface area contributed by atoms with Crippen LogP contribution in [0.5, 0.6) is 11.5 Å². The van der Waals surface area contributed by atoms with Crippen molar-refractivity contribution in [3.8, 4) is 11.5 Å². The van der Waals surface area contributed by atoms with Crippen LogP contribution >= 0.6 is 0 Å². The van der Waals surface area contributed by atoms with Crippen LogP contribution in [0.3, 0.4) is 0 Å². The number of aliphatic hydroxyl groups is 1. The first kappa shape index (κ1) is 17.2. The van der Waals surface area contributed by atoms with Gasteiger partial charge in [-0.05, 0) is 38.0 Å². The zero-order valence-corrected chi connectivity index (χ0v) is 14.4. The number of aliphatic hydroxyl groups excluding tert-OH is 1. The number of hydrogen-bond donors (Lipinski definition) is 1. The minimum absolute atomic E-state index is 0.194. The second kappa shape index (κ2) is 6.35. The van der Waals surface area contributed by atoms with Crippen molar-refractivity contribution in [1.82, 2.24) is 0 Å². The average molecular weight is 336 g/mol. The highest BCUT2D eigenvalue weighted by Gasteiger charge is 2.53.